The summed E-state index contributed by atoms with van der Waals surface area (Å²) in [6.07, 6.45) is 0.999. The largest absolute Gasteiger partial charge is 0.481 e. The molecule has 0 spiro atoms. The smallest absolute Gasteiger partial charge is 0.313 e. The van der Waals surface area contributed by atoms with Gasteiger partial charge in [0.15, 0.2) is 0 Å². The van der Waals surface area contributed by atoms with Gasteiger partial charge in [0, 0.05) is 0 Å². The first-order valence-corrected chi connectivity index (χ1v) is 5.40. The third-order valence-corrected chi connectivity index (χ3v) is 3.31. The summed E-state index contributed by atoms with van der Waals surface area (Å²) >= 11 is 0. The fourth-order valence-corrected chi connectivity index (χ4v) is 1.91. The van der Waals surface area contributed by atoms with Gasteiger partial charge in [-0.2, -0.15) is 0 Å². The van der Waals surface area contributed by atoms with Gasteiger partial charge in [-0.05, 0) is 37.8 Å². The number of carboxylic acids is 1. The van der Waals surface area contributed by atoms with Gasteiger partial charge in [0.1, 0.15) is 5.67 Å². The molecule has 3 heteroatoms. The van der Waals surface area contributed by atoms with E-state index in [9.17, 15) is 14.3 Å². The Morgan fingerprint density at radius 1 is 1.38 bits per heavy atom. The SMILES string of the molecule is CC(C)(C(=O)O)c1ccccc1C1(F)CC1. The van der Waals surface area contributed by atoms with Gasteiger partial charge in [-0.25, -0.2) is 4.39 Å². The molecule has 0 bridgehead atoms. The Morgan fingerprint density at radius 2 is 1.94 bits per heavy atom. The van der Waals surface area contributed by atoms with Crippen LogP contribution in [0.4, 0.5) is 4.39 Å². The highest BCUT2D eigenvalue weighted by Gasteiger charge is 2.48. The summed E-state index contributed by atoms with van der Waals surface area (Å²) in [4.78, 5) is 11.2. The van der Waals surface area contributed by atoms with Crippen LogP contribution >= 0.6 is 0 Å². The van der Waals surface area contributed by atoms with Crippen molar-refractivity contribution in [2.75, 3.05) is 0 Å². The van der Waals surface area contributed by atoms with Crippen LogP contribution in [0.2, 0.25) is 0 Å². The molecule has 1 N–H and O–H groups in total. The van der Waals surface area contributed by atoms with Crippen LogP contribution < -0.4 is 0 Å². The molecule has 86 valence electrons. The first-order valence-electron chi connectivity index (χ1n) is 5.40. The van der Waals surface area contributed by atoms with Crippen molar-refractivity contribution in [3.8, 4) is 0 Å². The van der Waals surface area contributed by atoms with Crippen LogP contribution in [-0.2, 0) is 15.9 Å². The summed E-state index contributed by atoms with van der Waals surface area (Å²) in [5.74, 6) is -0.927. The van der Waals surface area contributed by atoms with Crippen molar-refractivity contribution in [3.63, 3.8) is 0 Å². The summed E-state index contributed by atoms with van der Waals surface area (Å²) in [6, 6.07) is 6.93. The second-order valence-electron chi connectivity index (χ2n) is 4.94. The second kappa shape index (κ2) is 3.30. The molecule has 1 aliphatic carbocycles. The lowest BCUT2D eigenvalue weighted by Gasteiger charge is -2.24. The van der Waals surface area contributed by atoms with Crippen molar-refractivity contribution in [1.82, 2.24) is 0 Å². The zero-order valence-electron chi connectivity index (χ0n) is 9.46. The van der Waals surface area contributed by atoms with Crippen LogP contribution in [0.15, 0.2) is 24.3 Å². The standard InChI is InChI=1S/C13H15FO2/c1-12(2,11(15)16)9-5-3-4-6-10(9)13(14)7-8-13/h3-6H,7-8H2,1-2H3,(H,15,16). The first kappa shape index (κ1) is 11.1. The summed E-state index contributed by atoms with van der Waals surface area (Å²) in [7, 11) is 0. The van der Waals surface area contributed by atoms with Gasteiger partial charge in [0.05, 0.1) is 5.41 Å². The van der Waals surface area contributed by atoms with Crippen LogP contribution in [0.3, 0.4) is 0 Å². The summed E-state index contributed by atoms with van der Waals surface area (Å²) in [6.45, 7) is 3.22. The molecule has 0 saturated heterocycles. The molecule has 0 atom stereocenters. The first-order chi connectivity index (χ1) is 7.38. The maximum atomic E-state index is 14.1. The van der Waals surface area contributed by atoms with Gasteiger partial charge in [0.2, 0.25) is 0 Å². The lowest BCUT2D eigenvalue weighted by atomic mass is 9.80. The Morgan fingerprint density at radius 3 is 2.44 bits per heavy atom. The number of carbonyl (C=O) groups is 1. The van der Waals surface area contributed by atoms with E-state index in [0.29, 0.717) is 24.0 Å². The Balaban J connectivity index is 2.53. The lowest BCUT2D eigenvalue weighted by Crippen LogP contribution is -2.30. The molecule has 1 aliphatic rings. The lowest BCUT2D eigenvalue weighted by molar-refractivity contribution is -0.142. The fourth-order valence-electron chi connectivity index (χ4n) is 1.91. The molecule has 0 heterocycles. The molecular formula is C13H15FO2. The number of carboxylic acid groups (broad SMARTS) is 1. The van der Waals surface area contributed by atoms with Gasteiger partial charge in [-0.15, -0.1) is 0 Å². The topological polar surface area (TPSA) is 37.3 Å². The third kappa shape index (κ3) is 1.60. The van der Waals surface area contributed by atoms with Gasteiger partial charge in [-0.1, -0.05) is 24.3 Å². The second-order valence-corrected chi connectivity index (χ2v) is 4.94. The van der Waals surface area contributed by atoms with Crippen LogP contribution in [0.25, 0.3) is 0 Å². The molecular weight excluding hydrogens is 207 g/mol. The van der Waals surface area contributed by atoms with E-state index in [1.165, 1.54) is 0 Å². The average molecular weight is 222 g/mol. The van der Waals surface area contributed by atoms with Crippen molar-refractivity contribution >= 4 is 5.97 Å². The van der Waals surface area contributed by atoms with E-state index in [1.807, 2.05) is 0 Å². The monoisotopic (exact) mass is 222 g/mol. The van der Waals surface area contributed by atoms with E-state index in [1.54, 1.807) is 38.1 Å². The zero-order chi connectivity index (χ0) is 12.0. The number of aliphatic carboxylic acids is 1. The Hall–Kier alpha value is -1.38. The molecule has 1 saturated carbocycles. The highest BCUT2D eigenvalue weighted by molar-refractivity contribution is 5.81. The number of benzene rings is 1. The van der Waals surface area contributed by atoms with Crippen molar-refractivity contribution in [2.45, 2.75) is 37.8 Å². The molecule has 16 heavy (non-hydrogen) atoms. The Labute approximate surface area is 94.1 Å². The number of halogens is 1. The van der Waals surface area contributed by atoms with Crippen LogP contribution in [0.5, 0.6) is 0 Å². The molecule has 0 radical (unpaired) electrons. The fraction of sp³-hybridized carbons (Fsp3) is 0.462. The molecule has 2 nitrogen and oxygen atoms in total. The molecule has 2 rings (SSSR count). The molecule has 1 aromatic rings. The van der Waals surface area contributed by atoms with Gasteiger partial charge in [0.25, 0.3) is 0 Å². The molecule has 0 aliphatic heterocycles. The average Bonchev–Trinajstić information content (AvgIpc) is 2.98. The van der Waals surface area contributed by atoms with Crippen LogP contribution in [0, 0.1) is 0 Å². The van der Waals surface area contributed by atoms with E-state index >= 15 is 0 Å². The number of hydrogen-bond acceptors (Lipinski definition) is 1. The van der Waals surface area contributed by atoms with Crippen LogP contribution in [-0.4, -0.2) is 11.1 Å². The highest BCUT2D eigenvalue weighted by atomic mass is 19.1. The molecule has 1 fully saturated rings. The zero-order valence-corrected chi connectivity index (χ0v) is 9.46. The summed E-state index contributed by atoms with van der Waals surface area (Å²) in [5.41, 5.74) is -1.20. The normalized spacial score (nSPS) is 18.2. The maximum absolute atomic E-state index is 14.1. The van der Waals surface area contributed by atoms with Gasteiger partial charge < -0.3 is 5.11 Å². The Kier molecular flexibility index (Phi) is 2.30. The van der Waals surface area contributed by atoms with Crippen molar-refractivity contribution in [2.24, 2.45) is 0 Å². The van der Waals surface area contributed by atoms with E-state index in [0.717, 1.165) is 0 Å². The number of hydrogen-bond donors (Lipinski definition) is 1. The minimum Gasteiger partial charge on any atom is -0.481 e. The quantitative estimate of drug-likeness (QED) is 0.853. The van der Waals surface area contributed by atoms with Crippen molar-refractivity contribution in [3.05, 3.63) is 35.4 Å². The van der Waals surface area contributed by atoms with Gasteiger partial charge in [-0.3, -0.25) is 4.79 Å². The van der Waals surface area contributed by atoms with Crippen molar-refractivity contribution < 1.29 is 14.3 Å². The van der Waals surface area contributed by atoms with E-state index in [2.05, 4.69) is 0 Å². The highest BCUT2D eigenvalue weighted by Crippen LogP contribution is 2.52. The number of alkyl halides is 1. The summed E-state index contributed by atoms with van der Waals surface area (Å²) < 4.78 is 14.1. The molecule has 0 amide bonds. The molecule has 0 unspecified atom stereocenters. The van der Waals surface area contributed by atoms with E-state index < -0.39 is 17.1 Å². The minimum absolute atomic E-state index is 0.500. The van der Waals surface area contributed by atoms with Gasteiger partial charge >= 0.3 is 5.97 Å². The predicted octanol–water partition coefficient (Wildman–Crippen LogP) is 3.01. The predicted molar refractivity (Wildman–Crippen MR) is 59.1 cm³/mol. The maximum Gasteiger partial charge on any atom is 0.313 e. The van der Waals surface area contributed by atoms with Crippen LogP contribution in [0.1, 0.15) is 37.8 Å². The van der Waals surface area contributed by atoms with Crippen molar-refractivity contribution in [1.29, 1.82) is 0 Å². The van der Waals surface area contributed by atoms with E-state index in [-0.39, 0.29) is 0 Å². The number of rotatable bonds is 3. The molecule has 1 aromatic carbocycles. The Bertz CT molecular complexity index is 433. The summed E-state index contributed by atoms with van der Waals surface area (Å²) in [5, 5.41) is 9.18. The molecule has 0 aromatic heterocycles. The third-order valence-electron chi connectivity index (χ3n) is 3.31. The minimum atomic E-state index is -1.29. The van der Waals surface area contributed by atoms with E-state index in [4.69, 9.17) is 0 Å².